The van der Waals surface area contributed by atoms with Crippen molar-refractivity contribution in [1.29, 1.82) is 0 Å². The number of fused-ring (bicyclic) bond motifs is 1. The third-order valence-corrected chi connectivity index (χ3v) is 2.02. The Labute approximate surface area is 88.1 Å². The second-order valence-corrected chi connectivity index (χ2v) is 3.18. The molecule has 0 amide bonds. The van der Waals surface area contributed by atoms with E-state index in [2.05, 4.69) is 32.3 Å². The van der Waals surface area contributed by atoms with E-state index in [1.54, 1.807) is 12.4 Å². The van der Waals surface area contributed by atoms with Crippen LogP contribution in [-0.2, 0) is 0 Å². The lowest BCUT2D eigenvalue weighted by atomic mass is 10.2. The molecule has 2 aromatic rings. The monoisotopic (exact) mass is 200 g/mol. The fourth-order valence-electron chi connectivity index (χ4n) is 1.25. The first-order chi connectivity index (χ1) is 7.40. The van der Waals surface area contributed by atoms with E-state index >= 15 is 0 Å². The number of hydrogen-bond donors (Lipinski definition) is 2. The summed E-state index contributed by atoms with van der Waals surface area (Å²) in [6.07, 6.45) is 4.31. The molecule has 0 aliphatic rings. The van der Waals surface area contributed by atoms with Gasteiger partial charge in [0.05, 0.1) is 11.7 Å². The molecule has 0 radical (unpaired) electrons. The summed E-state index contributed by atoms with van der Waals surface area (Å²) in [6.45, 7) is 0.909. The fourth-order valence-corrected chi connectivity index (χ4v) is 1.25. The summed E-state index contributed by atoms with van der Waals surface area (Å²) in [5, 5.41) is 9.82. The zero-order chi connectivity index (χ0) is 10.5. The lowest BCUT2D eigenvalue weighted by molar-refractivity contribution is 0.818. The topological polar surface area (TPSA) is 53.6 Å². The molecule has 15 heavy (non-hydrogen) atoms. The van der Waals surface area contributed by atoms with Crippen LogP contribution in [0.3, 0.4) is 0 Å². The van der Waals surface area contributed by atoms with Crippen LogP contribution in [0.25, 0.3) is 11.0 Å². The molecule has 2 aromatic heterocycles. The molecule has 0 unspecified atom stereocenters. The second-order valence-electron chi connectivity index (χ2n) is 3.18. The Hall–Kier alpha value is -1.86. The molecule has 76 valence electrons. The summed E-state index contributed by atoms with van der Waals surface area (Å²) in [6, 6.07) is 1.96. The lowest BCUT2D eigenvalue weighted by Crippen LogP contribution is -2.05. The van der Waals surface area contributed by atoms with Crippen molar-refractivity contribution in [2.24, 2.45) is 0 Å². The number of nitrogens with zero attached hydrogens (tertiary/aromatic N) is 2. The van der Waals surface area contributed by atoms with Gasteiger partial charge in [0.25, 0.3) is 0 Å². The van der Waals surface area contributed by atoms with E-state index in [1.165, 1.54) is 0 Å². The first-order valence-corrected chi connectivity index (χ1v) is 4.83. The van der Waals surface area contributed by atoms with Gasteiger partial charge in [-0.25, -0.2) is 0 Å². The summed E-state index contributed by atoms with van der Waals surface area (Å²) >= 11 is 0. The Morgan fingerprint density at radius 1 is 1.47 bits per heavy atom. The summed E-state index contributed by atoms with van der Waals surface area (Å²) < 4.78 is 0. The average Bonchev–Trinajstić information content (AvgIpc) is 2.71. The zero-order valence-corrected chi connectivity index (χ0v) is 8.54. The van der Waals surface area contributed by atoms with E-state index in [4.69, 9.17) is 0 Å². The Bertz CT molecular complexity index is 504. The quantitative estimate of drug-likeness (QED) is 0.560. The Morgan fingerprint density at radius 2 is 2.40 bits per heavy atom. The number of H-pyrrole nitrogens is 1. The van der Waals surface area contributed by atoms with Gasteiger partial charge in [0.2, 0.25) is 0 Å². The Kier molecular flexibility index (Phi) is 2.96. The molecule has 0 atom stereocenters. The number of pyridine rings is 1. The fraction of sp³-hybridized carbons (Fsp3) is 0.273. The molecule has 0 bridgehead atoms. The van der Waals surface area contributed by atoms with Crippen LogP contribution in [0.1, 0.15) is 12.0 Å². The van der Waals surface area contributed by atoms with Crippen molar-refractivity contribution in [3.63, 3.8) is 0 Å². The molecule has 2 N–H and O–H groups in total. The number of rotatable bonds is 2. The molecule has 2 heterocycles. The predicted octanol–water partition coefficient (Wildman–Crippen LogP) is 0.919. The zero-order valence-electron chi connectivity index (χ0n) is 8.54. The molecule has 0 spiro atoms. The van der Waals surface area contributed by atoms with Gasteiger partial charge in [0.15, 0.2) is 0 Å². The van der Waals surface area contributed by atoms with E-state index in [-0.39, 0.29) is 0 Å². The summed E-state index contributed by atoms with van der Waals surface area (Å²) in [7, 11) is 1.92. The predicted molar refractivity (Wildman–Crippen MR) is 59.3 cm³/mol. The highest BCUT2D eigenvalue weighted by Gasteiger charge is 1.96. The third-order valence-electron chi connectivity index (χ3n) is 2.02. The lowest BCUT2D eigenvalue weighted by Gasteiger charge is -1.90. The minimum absolute atomic E-state index is 0.845. The largest absolute Gasteiger partial charge is 0.319 e. The molecular weight excluding hydrogens is 188 g/mol. The third kappa shape index (κ3) is 2.33. The van der Waals surface area contributed by atoms with Gasteiger partial charge in [0.1, 0.15) is 5.52 Å². The molecule has 4 heteroatoms. The molecule has 0 aliphatic carbocycles. The first-order valence-electron chi connectivity index (χ1n) is 4.83. The maximum atomic E-state index is 4.23. The van der Waals surface area contributed by atoms with Gasteiger partial charge in [-0.15, -0.1) is 0 Å². The van der Waals surface area contributed by atoms with Crippen LogP contribution in [0.15, 0.2) is 18.5 Å². The maximum absolute atomic E-state index is 4.23. The molecule has 0 saturated heterocycles. The first kappa shape index (κ1) is 9.69. The standard InChI is InChI=1S/C11H12N4/c1-12-5-3-2-4-9-6-10-11(13-7-9)8-14-15-10/h6-8,12H,3,5H2,1H3,(H,14,15). The van der Waals surface area contributed by atoms with Crippen molar-refractivity contribution >= 4 is 11.0 Å². The van der Waals surface area contributed by atoms with Crippen LogP contribution in [0, 0.1) is 11.8 Å². The number of hydrogen-bond acceptors (Lipinski definition) is 3. The molecule has 4 nitrogen and oxygen atoms in total. The SMILES string of the molecule is CNCCC#Cc1cnc2cn[nH]c2c1. The van der Waals surface area contributed by atoms with Crippen LogP contribution in [0.4, 0.5) is 0 Å². The van der Waals surface area contributed by atoms with Gasteiger partial charge in [-0.2, -0.15) is 5.10 Å². The van der Waals surface area contributed by atoms with E-state index in [1.807, 2.05) is 13.1 Å². The van der Waals surface area contributed by atoms with Crippen molar-refractivity contribution in [3.05, 3.63) is 24.0 Å². The van der Waals surface area contributed by atoms with E-state index in [0.29, 0.717) is 0 Å². The van der Waals surface area contributed by atoms with Crippen molar-refractivity contribution in [3.8, 4) is 11.8 Å². The maximum Gasteiger partial charge on any atom is 0.108 e. The van der Waals surface area contributed by atoms with Crippen LogP contribution in [-0.4, -0.2) is 28.8 Å². The van der Waals surface area contributed by atoms with Crippen LogP contribution >= 0.6 is 0 Å². The summed E-state index contributed by atoms with van der Waals surface area (Å²) in [5.41, 5.74) is 2.72. The smallest absolute Gasteiger partial charge is 0.108 e. The van der Waals surface area contributed by atoms with Gasteiger partial charge in [-0.3, -0.25) is 10.1 Å². The van der Waals surface area contributed by atoms with Crippen LogP contribution in [0.2, 0.25) is 0 Å². The molecular formula is C11H12N4. The number of aromatic nitrogens is 3. The van der Waals surface area contributed by atoms with Crippen molar-refractivity contribution in [2.45, 2.75) is 6.42 Å². The van der Waals surface area contributed by atoms with Gasteiger partial charge in [0, 0.05) is 24.7 Å². The van der Waals surface area contributed by atoms with Crippen molar-refractivity contribution < 1.29 is 0 Å². The summed E-state index contributed by atoms with van der Waals surface area (Å²) in [5.74, 6) is 6.13. The van der Waals surface area contributed by atoms with Crippen molar-refractivity contribution in [2.75, 3.05) is 13.6 Å². The molecule has 0 aliphatic heterocycles. The molecule has 0 saturated carbocycles. The van der Waals surface area contributed by atoms with E-state index < -0.39 is 0 Å². The summed E-state index contributed by atoms with van der Waals surface area (Å²) in [4.78, 5) is 4.23. The van der Waals surface area contributed by atoms with E-state index in [0.717, 1.165) is 29.6 Å². The molecule has 0 aromatic carbocycles. The Balaban J connectivity index is 2.16. The van der Waals surface area contributed by atoms with Crippen LogP contribution in [0.5, 0.6) is 0 Å². The number of nitrogens with one attached hydrogen (secondary N) is 2. The highest BCUT2D eigenvalue weighted by molar-refractivity contribution is 5.74. The average molecular weight is 200 g/mol. The van der Waals surface area contributed by atoms with Crippen molar-refractivity contribution in [1.82, 2.24) is 20.5 Å². The minimum Gasteiger partial charge on any atom is -0.319 e. The molecule has 0 fully saturated rings. The van der Waals surface area contributed by atoms with Crippen LogP contribution < -0.4 is 5.32 Å². The highest BCUT2D eigenvalue weighted by Crippen LogP contribution is 2.07. The molecule has 2 rings (SSSR count). The number of aromatic amines is 1. The van der Waals surface area contributed by atoms with Gasteiger partial charge in [-0.1, -0.05) is 11.8 Å². The second kappa shape index (κ2) is 4.58. The van der Waals surface area contributed by atoms with Gasteiger partial charge >= 0.3 is 0 Å². The van der Waals surface area contributed by atoms with E-state index in [9.17, 15) is 0 Å². The Morgan fingerprint density at radius 3 is 3.27 bits per heavy atom. The minimum atomic E-state index is 0.845. The normalized spacial score (nSPS) is 9.93. The van der Waals surface area contributed by atoms with Gasteiger partial charge < -0.3 is 5.32 Å². The highest BCUT2D eigenvalue weighted by atomic mass is 15.1. The van der Waals surface area contributed by atoms with Gasteiger partial charge in [-0.05, 0) is 13.1 Å².